The summed E-state index contributed by atoms with van der Waals surface area (Å²) in [5, 5.41) is 2.92. The van der Waals surface area contributed by atoms with Crippen molar-refractivity contribution >= 4 is 5.91 Å². The Hall–Kier alpha value is -0.650. The molecule has 106 valence electrons. The highest BCUT2D eigenvalue weighted by Crippen LogP contribution is 2.08. The first-order valence-corrected chi connectivity index (χ1v) is 7.10. The smallest absolute Gasteiger partial charge is 0.222 e. The number of amides is 1. The van der Waals surface area contributed by atoms with Gasteiger partial charge in [0.2, 0.25) is 5.91 Å². The first-order chi connectivity index (χ1) is 8.83. The number of piperidine rings is 1. The van der Waals surface area contributed by atoms with Crippen LogP contribution < -0.4 is 11.1 Å². The highest BCUT2D eigenvalue weighted by Gasteiger charge is 2.09. The normalized spacial score (nSPS) is 16.7. The van der Waals surface area contributed by atoms with E-state index >= 15 is 0 Å². The minimum atomic E-state index is 0.0747. The molecule has 1 aliphatic heterocycles. The monoisotopic (exact) mass is 257 g/mol. The van der Waals surface area contributed by atoms with Gasteiger partial charge in [0.25, 0.3) is 0 Å². The van der Waals surface area contributed by atoms with E-state index in [0.29, 0.717) is 26.2 Å². The summed E-state index contributed by atoms with van der Waals surface area (Å²) in [7, 11) is 0. The first-order valence-electron chi connectivity index (χ1n) is 7.10. The number of carbonyl (C=O) groups is 1. The number of likely N-dealkylation sites (tertiary alicyclic amines) is 1. The lowest BCUT2D eigenvalue weighted by molar-refractivity contribution is -0.122. The third kappa shape index (κ3) is 7.63. The molecule has 0 spiro atoms. The van der Waals surface area contributed by atoms with Crippen LogP contribution in [0.1, 0.15) is 32.1 Å². The minimum absolute atomic E-state index is 0.0747. The van der Waals surface area contributed by atoms with Crippen LogP contribution in [0, 0.1) is 0 Å². The largest absolute Gasteiger partial charge is 0.380 e. The average molecular weight is 257 g/mol. The zero-order chi connectivity index (χ0) is 13.1. The van der Waals surface area contributed by atoms with Gasteiger partial charge >= 0.3 is 0 Å². The second-order valence-corrected chi connectivity index (χ2v) is 4.76. The fourth-order valence-corrected chi connectivity index (χ4v) is 2.15. The van der Waals surface area contributed by atoms with Crippen LogP contribution >= 0.6 is 0 Å². The summed E-state index contributed by atoms with van der Waals surface area (Å²) in [5.41, 5.74) is 5.28. The maximum atomic E-state index is 11.4. The van der Waals surface area contributed by atoms with Crippen LogP contribution in [0.25, 0.3) is 0 Å². The van der Waals surface area contributed by atoms with E-state index in [0.717, 1.165) is 19.5 Å². The molecule has 5 heteroatoms. The van der Waals surface area contributed by atoms with E-state index in [9.17, 15) is 4.79 Å². The summed E-state index contributed by atoms with van der Waals surface area (Å²) in [6.45, 7) is 5.83. The van der Waals surface area contributed by atoms with E-state index in [1.54, 1.807) is 0 Å². The standard InChI is InChI=1S/C13H27N3O2/c14-6-12-18-11-5-13(17)15-7-4-10-16-8-2-1-3-9-16/h1-12,14H2,(H,15,17). The van der Waals surface area contributed by atoms with Crippen LogP contribution in [0.2, 0.25) is 0 Å². The topological polar surface area (TPSA) is 67.6 Å². The van der Waals surface area contributed by atoms with Gasteiger partial charge in [0, 0.05) is 19.5 Å². The molecule has 0 unspecified atom stereocenters. The van der Waals surface area contributed by atoms with Crippen LogP contribution in [0.3, 0.4) is 0 Å². The molecule has 0 aromatic carbocycles. The second-order valence-electron chi connectivity index (χ2n) is 4.76. The molecule has 1 amide bonds. The van der Waals surface area contributed by atoms with Crippen molar-refractivity contribution in [3.05, 3.63) is 0 Å². The molecule has 1 aliphatic rings. The average Bonchev–Trinajstić information content (AvgIpc) is 2.41. The van der Waals surface area contributed by atoms with E-state index in [1.807, 2.05) is 0 Å². The number of nitrogens with zero attached hydrogens (tertiary/aromatic N) is 1. The van der Waals surface area contributed by atoms with Crippen LogP contribution in [0.5, 0.6) is 0 Å². The van der Waals surface area contributed by atoms with E-state index in [-0.39, 0.29) is 5.91 Å². The van der Waals surface area contributed by atoms with Gasteiger partial charge in [-0.1, -0.05) is 6.42 Å². The zero-order valence-corrected chi connectivity index (χ0v) is 11.3. The number of carbonyl (C=O) groups excluding carboxylic acids is 1. The number of hydrogen-bond acceptors (Lipinski definition) is 4. The molecule has 0 saturated carbocycles. The van der Waals surface area contributed by atoms with E-state index in [2.05, 4.69) is 10.2 Å². The summed E-state index contributed by atoms with van der Waals surface area (Å²) in [6.07, 6.45) is 5.49. The molecular formula is C13H27N3O2. The van der Waals surface area contributed by atoms with Gasteiger partial charge in [-0.25, -0.2) is 0 Å². The minimum Gasteiger partial charge on any atom is -0.380 e. The first kappa shape index (κ1) is 15.4. The van der Waals surface area contributed by atoms with E-state index in [1.165, 1.54) is 32.4 Å². The predicted octanol–water partition coefficient (Wildman–Crippen LogP) is 0.344. The maximum Gasteiger partial charge on any atom is 0.222 e. The van der Waals surface area contributed by atoms with Crippen LogP contribution in [-0.4, -0.2) is 56.7 Å². The number of nitrogens with one attached hydrogen (secondary N) is 1. The van der Waals surface area contributed by atoms with Crippen LogP contribution in [-0.2, 0) is 9.53 Å². The number of rotatable bonds is 9. The lowest BCUT2D eigenvalue weighted by Gasteiger charge is -2.26. The number of hydrogen-bond donors (Lipinski definition) is 2. The molecule has 0 aromatic rings. The molecule has 1 heterocycles. The Labute approximate surface area is 110 Å². The summed E-state index contributed by atoms with van der Waals surface area (Å²) in [4.78, 5) is 13.9. The third-order valence-corrected chi connectivity index (χ3v) is 3.16. The summed E-state index contributed by atoms with van der Waals surface area (Å²) in [6, 6.07) is 0. The van der Waals surface area contributed by atoms with Crippen molar-refractivity contribution in [2.45, 2.75) is 32.1 Å². The number of nitrogens with two attached hydrogens (primary N) is 1. The van der Waals surface area contributed by atoms with Crippen molar-refractivity contribution in [2.24, 2.45) is 5.73 Å². The Balaban J connectivity index is 1.88. The molecule has 1 fully saturated rings. The molecule has 1 rings (SSSR count). The summed E-state index contributed by atoms with van der Waals surface area (Å²) < 4.78 is 5.16. The van der Waals surface area contributed by atoms with Crippen LogP contribution in [0.4, 0.5) is 0 Å². The van der Waals surface area contributed by atoms with Gasteiger partial charge < -0.3 is 20.7 Å². The molecular weight excluding hydrogens is 230 g/mol. The van der Waals surface area contributed by atoms with Crippen molar-refractivity contribution < 1.29 is 9.53 Å². The van der Waals surface area contributed by atoms with Crippen molar-refractivity contribution in [3.8, 4) is 0 Å². The fraction of sp³-hybridized carbons (Fsp3) is 0.923. The van der Waals surface area contributed by atoms with Crippen molar-refractivity contribution in [3.63, 3.8) is 0 Å². The zero-order valence-electron chi connectivity index (χ0n) is 11.3. The Morgan fingerprint density at radius 1 is 1.22 bits per heavy atom. The van der Waals surface area contributed by atoms with Gasteiger partial charge in [0.1, 0.15) is 0 Å². The summed E-state index contributed by atoms with van der Waals surface area (Å²) in [5.74, 6) is 0.0747. The van der Waals surface area contributed by atoms with Gasteiger partial charge in [0.05, 0.1) is 13.2 Å². The highest BCUT2D eigenvalue weighted by molar-refractivity contribution is 5.75. The Kier molecular flexibility index (Phi) is 8.81. The molecule has 0 bridgehead atoms. The SMILES string of the molecule is NCCOCCC(=O)NCCCN1CCCCC1. The van der Waals surface area contributed by atoms with E-state index < -0.39 is 0 Å². The molecule has 0 aliphatic carbocycles. The Morgan fingerprint density at radius 2 is 2.00 bits per heavy atom. The lowest BCUT2D eigenvalue weighted by Crippen LogP contribution is -2.33. The molecule has 3 N–H and O–H groups in total. The lowest BCUT2D eigenvalue weighted by atomic mass is 10.1. The second kappa shape index (κ2) is 10.3. The van der Waals surface area contributed by atoms with Gasteiger partial charge in [-0.15, -0.1) is 0 Å². The van der Waals surface area contributed by atoms with Crippen molar-refractivity contribution in [1.29, 1.82) is 0 Å². The van der Waals surface area contributed by atoms with Crippen molar-refractivity contribution in [2.75, 3.05) is 45.9 Å². The van der Waals surface area contributed by atoms with Gasteiger partial charge in [-0.3, -0.25) is 4.79 Å². The number of ether oxygens (including phenoxy) is 1. The quantitative estimate of drug-likeness (QED) is 0.585. The Bertz CT molecular complexity index is 218. The van der Waals surface area contributed by atoms with Gasteiger partial charge in [-0.2, -0.15) is 0 Å². The van der Waals surface area contributed by atoms with E-state index in [4.69, 9.17) is 10.5 Å². The van der Waals surface area contributed by atoms with Gasteiger partial charge in [-0.05, 0) is 38.9 Å². The molecule has 0 aromatic heterocycles. The summed E-state index contributed by atoms with van der Waals surface area (Å²) >= 11 is 0. The maximum absolute atomic E-state index is 11.4. The predicted molar refractivity (Wildman–Crippen MR) is 72.4 cm³/mol. The molecule has 18 heavy (non-hydrogen) atoms. The third-order valence-electron chi connectivity index (χ3n) is 3.16. The molecule has 5 nitrogen and oxygen atoms in total. The highest BCUT2D eigenvalue weighted by atomic mass is 16.5. The van der Waals surface area contributed by atoms with Crippen molar-refractivity contribution in [1.82, 2.24) is 10.2 Å². The Morgan fingerprint density at radius 3 is 2.72 bits per heavy atom. The molecule has 0 radical (unpaired) electrons. The molecule has 0 atom stereocenters. The van der Waals surface area contributed by atoms with Gasteiger partial charge in [0.15, 0.2) is 0 Å². The molecule has 1 saturated heterocycles. The fourth-order valence-electron chi connectivity index (χ4n) is 2.15. The van der Waals surface area contributed by atoms with Crippen LogP contribution in [0.15, 0.2) is 0 Å².